The molecule has 4 aromatic rings. The average molecular weight is 750 g/mol. The molecule has 2 N–H and O–H groups in total. The molecule has 5 aliphatic rings. The largest absolute Gasteiger partial charge is 0.508 e. The van der Waals surface area contributed by atoms with Crippen LogP contribution in [0.1, 0.15) is 94.1 Å². The third kappa shape index (κ3) is 7.49. The standard InChI is InChI=1S/C48H55N5O3/c1-33-9-20-45(47(55)49-33)53-32-38-30-40(15-18-44(38)48(53)56)52-28-26-51(27-29-52)39-21-24-50(25-22-39)23-5-6-34-10-12-36(13-11-34)46-42(35-7-3-2-4-8-35)17-14-37-31-41(54)16-19-43(37)46/h2-4,7-8,10-13,15-16,18-19,30-31,39,42,45-46,54H,1,5-6,9,14,17,20-29,32H2,(H,49,55)/t42-,45?,46+/m0/s1. The molecular weight excluding hydrogens is 695 g/mol. The maximum absolute atomic E-state index is 13.2. The topological polar surface area (TPSA) is 79.4 Å². The highest BCUT2D eigenvalue weighted by Gasteiger charge is 2.39. The molecule has 0 radical (unpaired) electrons. The minimum atomic E-state index is -0.422. The van der Waals surface area contributed by atoms with Crippen molar-refractivity contribution in [1.82, 2.24) is 20.0 Å². The van der Waals surface area contributed by atoms with E-state index in [-0.39, 0.29) is 17.7 Å². The van der Waals surface area contributed by atoms with Gasteiger partial charge in [-0.25, -0.2) is 0 Å². The van der Waals surface area contributed by atoms with Gasteiger partial charge < -0.3 is 25.1 Å². The molecule has 4 aromatic carbocycles. The Balaban J connectivity index is 0.734. The number of aromatic hydroxyl groups is 1. The molecule has 4 heterocycles. The van der Waals surface area contributed by atoms with Crippen LogP contribution < -0.4 is 10.2 Å². The van der Waals surface area contributed by atoms with Gasteiger partial charge in [-0.15, -0.1) is 0 Å². The molecule has 56 heavy (non-hydrogen) atoms. The Hall–Kier alpha value is -4.92. The van der Waals surface area contributed by atoms with E-state index in [2.05, 4.69) is 99.4 Å². The van der Waals surface area contributed by atoms with Crippen molar-refractivity contribution in [1.29, 1.82) is 0 Å². The van der Waals surface area contributed by atoms with Gasteiger partial charge in [-0.2, -0.15) is 0 Å². The lowest BCUT2D eigenvalue weighted by atomic mass is 9.69. The van der Waals surface area contributed by atoms with Gasteiger partial charge in [0.2, 0.25) is 5.91 Å². The SMILES string of the molecule is C=C1CCC(N2Cc3cc(N4CCN(C5CCN(CCCc6ccc([C@H]7c8ccc(O)cc8CC[C@H]7c7ccccc7)cc6)CC5)CC4)ccc3C2=O)C(=O)N1. The van der Waals surface area contributed by atoms with Gasteiger partial charge in [0.15, 0.2) is 0 Å². The Bertz CT molecular complexity index is 2070. The number of hydrogen-bond acceptors (Lipinski definition) is 6. The summed E-state index contributed by atoms with van der Waals surface area (Å²) in [7, 11) is 0. The second-order valence-electron chi connectivity index (χ2n) is 16.8. The van der Waals surface area contributed by atoms with E-state index in [9.17, 15) is 14.7 Å². The summed E-state index contributed by atoms with van der Waals surface area (Å²) in [5.74, 6) is 0.926. The normalized spacial score (nSPS) is 23.6. The molecule has 8 heteroatoms. The third-order valence-electron chi connectivity index (χ3n) is 13.5. The van der Waals surface area contributed by atoms with Gasteiger partial charge in [0.25, 0.3) is 5.91 Å². The minimum absolute atomic E-state index is 0.0354. The first-order valence-electron chi connectivity index (χ1n) is 21.0. The molecule has 0 saturated carbocycles. The number of anilines is 1. The molecule has 8 nitrogen and oxygen atoms in total. The maximum Gasteiger partial charge on any atom is 0.255 e. The fourth-order valence-corrected chi connectivity index (χ4v) is 10.4. The predicted molar refractivity (Wildman–Crippen MR) is 222 cm³/mol. The third-order valence-corrected chi connectivity index (χ3v) is 13.5. The lowest BCUT2D eigenvalue weighted by Gasteiger charge is -2.43. The first kappa shape index (κ1) is 36.7. The Morgan fingerprint density at radius 1 is 0.750 bits per heavy atom. The van der Waals surface area contributed by atoms with Gasteiger partial charge in [0.05, 0.1) is 0 Å². The second kappa shape index (κ2) is 15.9. The lowest BCUT2D eigenvalue weighted by molar-refractivity contribution is -0.126. The van der Waals surface area contributed by atoms with Crippen LogP contribution in [0.3, 0.4) is 0 Å². The predicted octanol–water partition coefficient (Wildman–Crippen LogP) is 7.22. The Labute approximate surface area is 331 Å². The number of rotatable bonds is 9. The van der Waals surface area contributed by atoms with Crippen LogP contribution in [0.5, 0.6) is 5.75 Å². The first-order valence-corrected chi connectivity index (χ1v) is 21.0. The zero-order valence-electron chi connectivity index (χ0n) is 32.5. The number of hydrogen-bond donors (Lipinski definition) is 2. The van der Waals surface area contributed by atoms with Crippen LogP contribution in [0.15, 0.2) is 103 Å². The van der Waals surface area contributed by atoms with Crippen LogP contribution in [0.4, 0.5) is 5.69 Å². The Morgan fingerprint density at radius 3 is 2.30 bits per heavy atom. The van der Waals surface area contributed by atoms with Crippen molar-refractivity contribution in [2.24, 2.45) is 0 Å². The molecule has 1 aliphatic carbocycles. The van der Waals surface area contributed by atoms with Gasteiger partial charge in [0.1, 0.15) is 11.8 Å². The van der Waals surface area contributed by atoms with E-state index in [0.29, 0.717) is 37.1 Å². The van der Waals surface area contributed by atoms with Crippen LogP contribution >= 0.6 is 0 Å². The quantitative estimate of drug-likeness (QED) is 0.188. The number of aryl methyl sites for hydroxylation is 2. The number of carbonyl (C=O) groups excluding carboxylic acids is 2. The molecule has 1 unspecified atom stereocenters. The number of phenolic OH excluding ortho intramolecular Hbond substituents is 1. The molecule has 0 spiro atoms. The molecule has 0 aromatic heterocycles. The number of allylic oxidation sites excluding steroid dienone is 1. The summed E-state index contributed by atoms with van der Waals surface area (Å²) < 4.78 is 0. The van der Waals surface area contributed by atoms with Crippen molar-refractivity contribution in [3.63, 3.8) is 0 Å². The number of phenols is 1. The number of amides is 2. The smallest absolute Gasteiger partial charge is 0.255 e. The number of likely N-dealkylation sites (tertiary alicyclic amines) is 1. The molecule has 9 rings (SSSR count). The van der Waals surface area contributed by atoms with Crippen molar-refractivity contribution in [2.45, 2.75) is 81.8 Å². The number of fused-ring (bicyclic) bond motifs is 2. The fraction of sp³-hybridized carbons (Fsp3) is 0.417. The summed E-state index contributed by atoms with van der Waals surface area (Å²) in [6.07, 6.45) is 8.16. The molecule has 4 aliphatic heterocycles. The first-order chi connectivity index (χ1) is 27.4. The zero-order chi connectivity index (χ0) is 38.2. The highest BCUT2D eigenvalue weighted by atomic mass is 16.3. The number of benzene rings is 4. The van der Waals surface area contributed by atoms with Crippen LogP contribution in [-0.4, -0.2) is 89.5 Å². The molecule has 3 atom stereocenters. The minimum Gasteiger partial charge on any atom is -0.508 e. The summed E-state index contributed by atoms with van der Waals surface area (Å²) in [5.41, 5.74) is 10.5. The van der Waals surface area contributed by atoms with E-state index < -0.39 is 6.04 Å². The monoisotopic (exact) mass is 749 g/mol. The van der Waals surface area contributed by atoms with Crippen molar-refractivity contribution in [2.75, 3.05) is 50.7 Å². The fourth-order valence-electron chi connectivity index (χ4n) is 10.4. The molecule has 0 bridgehead atoms. The van der Waals surface area contributed by atoms with E-state index in [1.807, 2.05) is 18.2 Å². The summed E-state index contributed by atoms with van der Waals surface area (Å²) >= 11 is 0. The Morgan fingerprint density at radius 2 is 1.54 bits per heavy atom. The van der Waals surface area contributed by atoms with Crippen molar-refractivity contribution >= 4 is 17.5 Å². The van der Waals surface area contributed by atoms with Gasteiger partial charge in [-0.05, 0) is 141 Å². The number of piperidine rings is 2. The van der Waals surface area contributed by atoms with Gasteiger partial charge >= 0.3 is 0 Å². The average Bonchev–Trinajstić information content (AvgIpc) is 3.56. The van der Waals surface area contributed by atoms with Crippen molar-refractivity contribution in [3.8, 4) is 5.75 Å². The lowest BCUT2D eigenvalue weighted by Crippen LogP contribution is -2.53. The molecule has 3 saturated heterocycles. The number of carbonyl (C=O) groups is 2. The van der Waals surface area contributed by atoms with Crippen LogP contribution in [0.25, 0.3) is 0 Å². The van der Waals surface area contributed by atoms with Crippen LogP contribution in [0, 0.1) is 0 Å². The van der Waals surface area contributed by atoms with Gasteiger partial charge in [-0.1, -0.05) is 67.2 Å². The summed E-state index contributed by atoms with van der Waals surface area (Å²) in [4.78, 5) is 35.4. The number of nitrogens with zero attached hydrogens (tertiary/aromatic N) is 4. The molecule has 2 amide bonds. The number of piperazine rings is 1. The van der Waals surface area contributed by atoms with Crippen LogP contribution in [-0.2, 0) is 24.2 Å². The molecular formula is C48H55N5O3. The van der Waals surface area contributed by atoms with Gasteiger partial charge in [-0.3, -0.25) is 14.5 Å². The number of nitrogens with one attached hydrogen (secondary N) is 1. The Kier molecular flexibility index (Phi) is 10.4. The summed E-state index contributed by atoms with van der Waals surface area (Å²) in [6.45, 7) is 12.0. The van der Waals surface area contributed by atoms with E-state index >= 15 is 0 Å². The second-order valence-corrected chi connectivity index (χ2v) is 16.8. The highest BCUT2D eigenvalue weighted by Crippen LogP contribution is 2.47. The van der Waals surface area contributed by atoms with Crippen LogP contribution in [0.2, 0.25) is 0 Å². The summed E-state index contributed by atoms with van der Waals surface area (Å²) in [5, 5.41) is 13.0. The highest BCUT2D eigenvalue weighted by molar-refractivity contribution is 6.01. The van der Waals surface area contributed by atoms with E-state index in [0.717, 1.165) is 68.8 Å². The zero-order valence-corrected chi connectivity index (χ0v) is 32.5. The van der Waals surface area contributed by atoms with E-state index in [4.69, 9.17) is 0 Å². The molecule has 3 fully saturated rings. The van der Waals surface area contributed by atoms with Crippen molar-refractivity contribution in [3.05, 3.63) is 142 Å². The van der Waals surface area contributed by atoms with Gasteiger partial charge in [0, 0.05) is 61.6 Å². The van der Waals surface area contributed by atoms with Crippen molar-refractivity contribution < 1.29 is 14.7 Å². The summed E-state index contributed by atoms with van der Waals surface area (Å²) in [6, 6.07) is 32.8. The molecule has 290 valence electrons. The van der Waals surface area contributed by atoms with E-state index in [1.165, 1.54) is 65.9 Å². The maximum atomic E-state index is 13.2. The van der Waals surface area contributed by atoms with E-state index in [1.54, 1.807) is 4.90 Å².